The Morgan fingerprint density at radius 2 is 2.31 bits per heavy atom. The maximum Gasteiger partial charge on any atom is 0.252 e. The van der Waals surface area contributed by atoms with Crippen LogP contribution < -0.4 is 16.2 Å². The third-order valence-corrected chi connectivity index (χ3v) is 2.06. The first-order valence-corrected chi connectivity index (χ1v) is 5.20. The van der Waals surface area contributed by atoms with Gasteiger partial charge in [0.25, 0.3) is 5.56 Å². The van der Waals surface area contributed by atoms with Crippen molar-refractivity contribution in [1.29, 1.82) is 0 Å². The quantitative estimate of drug-likeness (QED) is 0.650. The van der Waals surface area contributed by atoms with Crippen LogP contribution in [0, 0.1) is 0 Å². The molecule has 1 aromatic heterocycles. The summed E-state index contributed by atoms with van der Waals surface area (Å²) in [6.07, 6.45) is 1.02. The van der Waals surface area contributed by atoms with E-state index in [1.165, 1.54) is 6.07 Å². The third-order valence-electron chi connectivity index (χ3n) is 2.06. The fourth-order valence-electron chi connectivity index (χ4n) is 1.20. The molecule has 0 fully saturated rings. The summed E-state index contributed by atoms with van der Waals surface area (Å²) in [5, 5.41) is 5.45. The largest absolute Gasteiger partial charge is 0.369 e. The zero-order valence-electron chi connectivity index (χ0n) is 9.46. The maximum atomic E-state index is 11.2. The first-order chi connectivity index (χ1) is 7.65. The number of carbonyl (C=O) groups is 1. The molecular formula is C10H16N4O2. The Hall–Kier alpha value is -1.85. The van der Waals surface area contributed by atoms with Gasteiger partial charge in [-0.1, -0.05) is 6.92 Å². The number of nitrogens with zero attached hydrogens (tertiary/aromatic N) is 1. The number of aromatic nitrogens is 2. The number of aryl methyl sites for hydroxylation is 1. The summed E-state index contributed by atoms with van der Waals surface area (Å²) in [5.41, 5.74) is -0.186. The fraction of sp³-hybridized carbons (Fsp3) is 0.500. The number of carbonyl (C=O) groups excluding carboxylic acids is 1. The van der Waals surface area contributed by atoms with E-state index in [0.29, 0.717) is 31.0 Å². The van der Waals surface area contributed by atoms with Gasteiger partial charge in [0, 0.05) is 32.5 Å². The second kappa shape index (κ2) is 5.89. The number of anilines is 1. The van der Waals surface area contributed by atoms with Gasteiger partial charge in [-0.05, 0) is 0 Å². The van der Waals surface area contributed by atoms with E-state index in [1.807, 2.05) is 6.92 Å². The molecule has 88 valence electrons. The van der Waals surface area contributed by atoms with Crippen molar-refractivity contribution in [2.75, 3.05) is 18.9 Å². The zero-order valence-corrected chi connectivity index (χ0v) is 9.46. The van der Waals surface area contributed by atoms with Crippen molar-refractivity contribution in [1.82, 2.24) is 15.3 Å². The molecule has 0 aliphatic carbocycles. The van der Waals surface area contributed by atoms with Gasteiger partial charge in [0.15, 0.2) is 0 Å². The molecule has 0 saturated heterocycles. The van der Waals surface area contributed by atoms with E-state index < -0.39 is 0 Å². The summed E-state index contributed by atoms with van der Waals surface area (Å²) in [6.45, 7) is 2.37. The van der Waals surface area contributed by atoms with Crippen LogP contribution >= 0.6 is 0 Å². The van der Waals surface area contributed by atoms with Crippen molar-refractivity contribution >= 4 is 11.7 Å². The Kier molecular flexibility index (Phi) is 4.50. The summed E-state index contributed by atoms with van der Waals surface area (Å²) < 4.78 is 0. The van der Waals surface area contributed by atoms with Crippen LogP contribution in [0.25, 0.3) is 0 Å². The van der Waals surface area contributed by atoms with Crippen LogP contribution in [0.2, 0.25) is 0 Å². The van der Waals surface area contributed by atoms with Gasteiger partial charge in [-0.3, -0.25) is 9.59 Å². The minimum Gasteiger partial charge on any atom is -0.369 e. The second-order valence-electron chi connectivity index (χ2n) is 3.28. The van der Waals surface area contributed by atoms with Crippen LogP contribution in [-0.2, 0) is 11.2 Å². The second-order valence-corrected chi connectivity index (χ2v) is 3.28. The summed E-state index contributed by atoms with van der Waals surface area (Å²) in [5.74, 6) is 1.09. The lowest BCUT2D eigenvalue weighted by Gasteiger charge is -2.05. The van der Waals surface area contributed by atoms with Crippen LogP contribution in [0.3, 0.4) is 0 Å². The molecule has 0 aromatic carbocycles. The smallest absolute Gasteiger partial charge is 0.252 e. The highest BCUT2D eigenvalue weighted by Gasteiger charge is 2.01. The van der Waals surface area contributed by atoms with Crippen LogP contribution in [0.4, 0.5) is 5.82 Å². The number of H-pyrrole nitrogens is 1. The molecule has 6 heteroatoms. The molecule has 0 aliphatic rings. The van der Waals surface area contributed by atoms with Gasteiger partial charge in [-0.15, -0.1) is 0 Å². The normalized spacial score (nSPS) is 9.88. The molecule has 0 radical (unpaired) electrons. The van der Waals surface area contributed by atoms with Gasteiger partial charge in [-0.2, -0.15) is 0 Å². The van der Waals surface area contributed by atoms with E-state index in [-0.39, 0.29) is 11.5 Å². The first kappa shape index (κ1) is 12.2. The lowest BCUT2D eigenvalue weighted by molar-refractivity contribution is -0.120. The Labute approximate surface area is 93.5 Å². The predicted molar refractivity (Wildman–Crippen MR) is 61.4 cm³/mol. The van der Waals surface area contributed by atoms with Crippen molar-refractivity contribution < 1.29 is 4.79 Å². The highest BCUT2D eigenvalue weighted by molar-refractivity contribution is 5.75. The van der Waals surface area contributed by atoms with Crippen molar-refractivity contribution in [2.24, 2.45) is 0 Å². The molecule has 1 heterocycles. The Morgan fingerprint density at radius 3 is 2.94 bits per heavy atom. The zero-order chi connectivity index (χ0) is 12.0. The molecule has 3 N–H and O–H groups in total. The lowest BCUT2D eigenvalue weighted by Crippen LogP contribution is -2.21. The van der Waals surface area contributed by atoms with E-state index >= 15 is 0 Å². The monoisotopic (exact) mass is 224 g/mol. The highest BCUT2D eigenvalue weighted by Crippen LogP contribution is 1.99. The van der Waals surface area contributed by atoms with E-state index in [0.717, 1.165) is 0 Å². The van der Waals surface area contributed by atoms with E-state index in [9.17, 15) is 9.59 Å². The van der Waals surface area contributed by atoms with Crippen LogP contribution in [-0.4, -0.2) is 29.5 Å². The Balaban J connectivity index is 2.57. The Bertz CT molecular complexity index is 414. The molecule has 1 aromatic rings. The molecule has 16 heavy (non-hydrogen) atoms. The average molecular weight is 224 g/mol. The van der Waals surface area contributed by atoms with Gasteiger partial charge < -0.3 is 15.6 Å². The molecule has 1 rings (SSSR count). The number of hydrogen-bond donors (Lipinski definition) is 3. The van der Waals surface area contributed by atoms with Crippen LogP contribution in [0.1, 0.15) is 19.2 Å². The number of nitrogens with one attached hydrogen (secondary N) is 3. The minimum absolute atomic E-state index is 0.0481. The fourth-order valence-corrected chi connectivity index (χ4v) is 1.20. The maximum absolute atomic E-state index is 11.2. The van der Waals surface area contributed by atoms with Gasteiger partial charge in [0.05, 0.1) is 0 Å². The van der Waals surface area contributed by atoms with Gasteiger partial charge in [0.2, 0.25) is 5.91 Å². The molecular weight excluding hydrogens is 208 g/mol. The summed E-state index contributed by atoms with van der Waals surface area (Å²) in [4.78, 5) is 29.0. The van der Waals surface area contributed by atoms with E-state index in [4.69, 9.17) is 0 Å². The van der Waals surface area contributed by atoms with E-state index in [1.54, 1.807) is 7.05 Å². The summed E-state index contributed by atoms with van der Waals surface area (Å²) in [6, 6.07) is 1.38. The topological polar surface area (TPSA) is 86.9 Å². The number of aromatic amines is 1. The average Bonchev–Trinajstić information content (AvgIpc) is 2.28. The summed E-state index contributed by atoms with van der Waals surface area (Å²) in [7, 11) is 1.59. The molecule has 0 unspecified atom stereocenters. The first-order valence-electron chi connectivity index (χ1n) is 5.20. The molecule has 0 bridgehead atoms. The number of hydrogen-bond acceptors (Lipinski definition) is 4. The predicted octanol–water partition coefficient (Wildman–Crippen LogP) is -0.120. The van der Waals surface area contributed by atoms with Crippen molar-refractivity contribution in [3.63, 3.8) is 0 Å². The number of amides is 1. The number of rotatable bonds is 5. The minimum atomic E-state index is -0.186. The van der Waals surface area contributed by atoms with Crippen molar-refractivity contribution in [2.45, 2.75) is 19.8 Å². The molecule has 0 atom stereocenters. The third kappa shape index (κ3) is 3.72. The van der Waals surface area contributed by atoms with E-state index in [2.05, 4.69) is 20.6 Å². The molecule has 1 amide bonds. The van der Waals surface area contributed by atoms with Crippen LogP contribution in [0.5, 0.6) is 0 Å². The molecule has 0 spiro atoms. The van der Waals surface area contributed by atoms with Gasteiger partial charge >= 0.3 is 0 Å². The van der Waals surface area contributed by atoms with Gasteiger partial charge in [-0.25, -0.2) is 4.98 Å². The molecule has 0 saturated carbocycles. The van der Waals surface area contributed by atoms with Crippen molar-refractivity contribution in [3.8, 4) is 0 Å². The molecule has 6 nitrogen and oxygen atoms in total. The van der Waals surface area contributed by atoms with Gasteiger partial charge in [0.1, 0.15) is 11.6 Å². The van der Waals surface area contributed by atoms with Crippen LogP contribution in [0.15, 0.2) is 10.9 Å². The lowest BCUT2D eigenvalue weighted by atomic mass is 10.4. The molecule has 0 aliphatic heterocycles. The standard InChI is InChI=1S/C10H16N4O2/c1-3-7-13-8(6-10(16)14-7)12-5-4-9(15)11-2/h6H,3-5H2,1-2H3,(H,11,15)(H2,12,13,14,16). The van der Waals surface area contributed by atoms with Crippen molar-refractivity contribution in [3.05, 3.63) is 22.2 Å². The highest BCUT2D eigenvalue weighted by atomic mass is 16.1. The SMILES string of the molecule is CCc1nc(NCCC(=O)NC)cc(=O)[nH]1. The summed E-state index contributed by atoms with van der Waals surface area (Å²) >= 11 is 0. The Morgan fingerprint density at radius 1 is 1.56 bits per heavy atom.